The van der Waals surface area contributed by atoms with Gasteiger partial charge in [-0.2, -0.15) is 22.7 Å². The number of benzene rings is 1. The van der Waals surface area contributed by atoms with Crippen molar-refractivity contribution in [3.8, 4) is 17.6 Å². The van der Waals surface area contributed by atoms with Gasteiger partial charge in [0.2, 0.25) is 10.0 Å². The molecule has 0 bridgehead atoms. The van der Waals surface area contributed by atoms with Crippen LogP contribution in [0.15, 0.2) is 41.4 Å². The van der Waals surface area contributed by atoms with E-state index in [1.165, 1.54) is 12.1 Å². The zero-order valence-electron chi connectivity index (χ0n) is 17.3. The van der Waals surface area contributed by atoms with Crippen LogP contribution in [-0.2, 0) is 10.0 Å². The van der Waals surface area contributed by atoms with Gasteiger partial charge in [0.15, 0.2) is 24.4 Å². The van der Waals surface area contributed by atoms with Crippen LogP contribution < -0.4 is 9.47 Å². The predicted octanol–water partition coefficient (Wildman–Crippen LogP) is 0.882. The van der Waals surface area contributed by atoms with Crippen LogP contribution in [0.4, 0.5) is 13.2 Å². The Bertz CT molecular complexity index is 1200. The summed E-state index contributed by atoms with van der Waals surface area (Å²) in [6.07, 6.45) is -4.71. The van der Waals surface area contributed by atoms with Gasteiger partial charge >= 0.3 is 6.18 Å². The number of carbonyl (C=O) groups excluding carboxylic acids is 1. The molecule has 2 heterocycles. The Balaban J connectivity index is 1.88. The highest BCUT2D eigenvalue weighted by atomic mass is 32.2. The Morgan fingerprint density at radius 2 is 2.03 bits per heavy atom. The molecule has 2 N–H and O–H groups in total. The fourth-order valence-electron chi connectivity index (χ4n) is 3.17. The quantitative estimate of drug-likeness (QED) is 0.503. The fourth-order valence-corrected chi connectivity index (χ4v) is 4.62. The van der Waals surface area contributed by atoms with Crippen molar-refractivity contribution in [1.82, 2.24) is 9.29 Å². The number of aldehydes is 1. The second-order valence-electron chi connectivity index (χ2n) is 7.38. The van der Waals surface area contributed by atoms with E-state index in [2.05, 4.69) is 4.98 Å². The van der Waals surface area contributed by atoms with Crippen LogP contribution in [0.1, 0.15) is 16.1 Å². The van der Waals surface area contributed by atoms with E-state index in [-0.39, 0.29) is 21.9 Å². The summed E-state index contributed by atoms with van der Waals surface area (Å²) in [7, 11) is -4.24. The van der Waals surface area contributed by atoms with E-state index in [1.54, 1.807) is 6.07 Å². The van der Waals surface area contributed by atoms with E-state index in [9.17, 15) is 36.6 Å². The van der Waals surface area contributed by atoms with Gasteiger partial charge in [0.05, 0.1) is 24.8 Å². The smallest absolute Gasteiger partial charge is 0.422 e. The van der Waals surface area contributed by atoms with E-state index >= 15 is 0 Å². The second kappa shape index (κ2) is 9.55. The summed E-state index contributed by atoms with van der Waals surface area (Å²) in [4.78, 5) is 14.2. The summed E-state index contributed by atoms with van der Waals surface area (Å²) >= 11 is 0. The highest BCUT2D eigenvalue weighted by Gasteiger charge is 2.51. The molecule has 2 aromatic rings. The standard InChI is InChI=1S/C20H18F3N3O7S/c21-20(22,23)12-32-17-5-13(6-24)1-4-16(17)33-18-8-26(10-19(18,29)11-28)34(30,31)15-3-2-14(9-27)25-7-15/h1-5,7,9,18,28-29H,8,10-12H2/t18-,19+/m0/s1. The van der Waals surface area contributed by atoms with E-state index < -0.39 is 60.0 Å². The zero-order valence-corrected chi connectivity index (χ0v) is 18.1. The van der Waals surface area contributed by atoms with Crippen molar-refractivity contribution in [3.63, 3.8) is 0 Å². The molecule has 1 saturated heterocycles. The van der Waals surface area contributed by atoms with Crippen LogP contribution in [0.2, 0.25) is 0 Å². The fraction of sp³-hybridized carbons (Fsp3) is 0.350. The predicted molar refractivity (Wildman–Crippen MR) is 108 cm³/mol. The maximum Gasteiger partial charge on any atom is 0.422 e. The first-order valence-corrected chi connectivity index (χ1v) is 11.0. The van der Waals surface area contributed by atoms with Crippen molar-refractivity contribution in [1.29, 1.82) is 5.26 Å². The lowest BCUT2D eigenvalue weighted by Gasteiger charge is -2.27. The Kier molecular flexibility index (Phi) is 7.13. The number of nitriles is 1. The third kappa shape index (κ3) is 5.45. The molecule has 1 aromatic carbocycles. The van der Waals surface area contributed by atoms with Crippen LogP contribution in [0.25, 0.3) is 0 Å². The molecule has 2 atom stereocenters. The Hall–Kier alpha value is -3.25. The number of rotatable bonds is 8. The molecule has 0 spiro atoms. The van der Waals surface area contributed by atoms with Crippen molar-refractivity contribution >= 4 is 16.3 Å². The van der Waals surface area contributed by atoms with Crippen LogP contribution >= 0.6 is 0 Å². The van der Waals surface area contributed by atoms with Gasteiger partial charge in [-0.3, -0.25) is 9.78 Å². The van der Waals surface area contributed by atoms with Crippen molar-refractivity contribution in [2.75, 3.05) is 26.3 Å². The van der Waals surface area contributed by atoms with E-state index in [4.69, 9.17) is 14.7 Å². The number of alkyl halides is 3. The first-order valence-electron chi connectivity index (χ1n) is 9.57. The third-order valence-electron chi connectivity index (χ3n) is 4.94. The minimum Gasteiger partial charge on any atom is -0.482 e. The Labute approximate surface area is 191 Å². The first kappa shape index (κ1) is 25.4. The number of hydrogen-bond acceptors (Lipinski definition) is 9. The molecule has 0 aliphatic carbocycles. The minimum absolute atomic E-state index is 0.000599. The van der Waals surface area contributed by atoms with Gasteiger partial charge in [0.25, 0.3) is 0 Å². The molecule has 1 aromatic heterocycles. The molecule has 182 valence electrons. The van der Waals surface area contributed by atoms with Gasteiger partial charge in [-0.15, -0.1) is 0 Å². The average Bonchev–Trinajstić information content (AvgIpc) is 3.15. The molecule has 1 aliphatic rings. The second-order valence-corrected chi connectivity index (χ2v) is 9.32. The van der Waals surface area contributed by atoms with Crippen molar-refractivity contribution in [3.05, 3.63) is 47.8 Å². The highest BCUT2D eigenvalue weighted by molar-refractivity contribution is 7.89. The van der Waals surface area contributed by atoms with Gasteiger partial charge in [-0.1, -0.05) is 0 Å². The molecule has 0 saturated carbocycles. The van der Waals surface area contributed by atoms with Gasteiger partial charge in [0.1, 0.15) is 22.3 Å². The lowest BCUT2D eigenvalue weighted by Crippen LogP contribution is -2.48. The van der Waals surface area contributed by atoms with Crippen molar-refractivity contribution < 1.29 is 46.1 Å². The van der Waals surface area contributed by atoms with E-state index in [0.717, 1.165) is 28.7 Å². The molecule has 1 aliphatic heterocycles. The van der Waals surface area contributed by atoms with Gasteiger partial charge in [-0.25, -0.2) is 8.42 Å². The number of carbonyl (C=O) groups is 1. The van der Waals surface area contributed by atoms with E-state index in [1.807, 2.05) is 0 Å². The van der Waals surface area contributed by atoms with Crippen LogP contribution in [-0.4, -0.2) is 78.4 Å². The van der Waals surface area contributed by atoms with Crippen molar-refractivity contribution in [2.24, 2.45) is 0 Å². The molecular formula is C20H18F3N3O7S. The normalized spacial score (nSPS) is 21.1. The highest BCUT2D eigenvalue weighted by Crippen LogP contribution is 2.35. The number of nitrogens with zero attached hydrogens (tertiary/aromatic N) is 3. The van der Waals surface area contributed by atoms with Gasteiger partial charge in [-0.05, 0) is 24.3 Å². The number of sulfonamides is 1. The summed E-state index contributed by atoms with van der Waals surface area (Å²) in [5.41, 5.74) is -2.14. The lowest BCUT2D eigenvalue weighted by atomic mass is 10.0. The molecular weight excluding hydrogens is 483 g/mol. The number of aromatic nitrogens is 1. The van der Waals surface area contributed by atoms with Gasteiger partial charge < -0.3 is 19.7 Å². The molecule has 10 nitrogen and oxygen atoms in total. The molecule has 1 fully saturated rings. The number of ether oxygens (including phenoxy) is 2. The van der Waals surface area contributed by atoms with Gasteiger partial charge in [0, 0.05) is 18.8 Å². The minimum atomic E-state index is -4.68. The SMILES string of the molecule is N#Cc1ccc(O[C@H]2CN(S(=O)(=O)c3ccc(C=O)nc3)C[C@@]2(O)CO)c(OCC(F)(F)F)c1. The number of aliphatic hydroxyl groups excluding tert-OH is 1. The summed E-state index contributed by atoms with van der Waals surface area (Å²) in [5, 5.41) is 29.6. The number of β-amino-alcohol motifs (C(OH)–C–C–N with tert-alkyl or cyclic N) is 1. The number of aliphatic hydroxyl groups is 2. The summed E-state index contributed by atoms with van der Waals surface area (Å²) in [6, 6.07) is 7.45. The first-order chi connectivity index (χ1) is 15.9. The molecule has 0 amide bonds. The van der Waals surface area contributed by atoms with Crippen LogP contribution in [0.3, 0.4) is 0 Å². The largest absolute Gasteiger partial charge is 0.482 e. The number of hydrogen-bond donors (Lipinski definition) is 2. The maximum atomic E-state index is 13.0. The topological polar surface area (TPSA) is 150 Å². The van der Waals surface area contributed by atoms with E-state index in [0.29, 0.717) is 6.29 Å². The van der Waals surface area contributed by atoms with Crippen LogP contribution in [0.5, 0.6) is 11.5 Å². The molecule has 0 unspecified atom stereocenters. The monoisotopic (exact) mass is 501 g/mol. The van der Waals surface area contributed by atoms with Crippen molar-refractivity contribution in [2.45, 2.75) is 22.8 Å². The number of pyridine rings is 1. The Morgan fingerprint density at radius 1 is 1.29 bits per heavy atom. The zero-order chi connectivity index (χ0) is 25.1. The molecule has 14 heteroatoms. The summed E-state index contributed by atoms with van der Waals surface area (Å²) < 4.78 is 74.9. The maximum absolute atomic E-state index is 13.0. The van der Waals surface area contributed by atoms with Crippen LogP contribution in [0, 0.1) is 11.3 Å². The summed E-state index contributed by atoms with van der Waals surface area (Å²) in [5.74, 6) is -0.747. The molecule has 0 radical (unpaired) electrons. The molecule has 34 heavy (non-hydrogen) atoms. The molecule has 3 rings (SSSR count). The number of halogens is 3. The Morgan fingerprint density at radius 3 is 2.59 bits per heavy atom. The third-order valence-corrected chi connectivity index (χ3v) is 6.74. The summed E-state index contributed by atoms with van der Waals surface area (Å²) in [6.45, 7) is -3.69. The lowest BCUT2D eigenvalue weighted by molar-refractivity contribution is -0.153. The average molecular weight is 501 g/mol.